The quantitative estimate of drug-likeness (QED) is 0.645. The van der Waals surface area contributed by atoms with Crippen molar-refractivity contribution in [2.24, 2.45) is 0 Å². The highest BCUT2D eigenvalue weighted by Gasteiger charge is 2.29. The molecule has 1 aromatic heterocycles. The number of aryl methyl sites for hydroxylation is 1. The van der Waals surface area contributed by atoms with Crippen molar-refractivity contribution < 1.29 is 13.2 Å². The van der Waals surface area contributed by atoms with E-state index in [2.05, 4.69) is 0 Å². The van der Waals surface area contributed by atoms with E-state index in [1.165, 1.54) is 10.6 Å². The van der Waals surface area contributed by atoms with E-state index >= 15 is 0 Å². The van der Waals surface area contributed by atoms with E-state index in [0.29, 0.717) is 37.4 Å². The molecule has 156 valence electrons. The van der Waals surface area contributed by atoms with Crippen LogP contribution in [0.5, 0.6) is 0 Å². The van der Waals surface area contributed by atoms with Crippen molar-refractivity contribution in [2.75, 3.05) is 32.4 Å². The number of aromatic nitrogens is 2. The minimum atomic E-state index is -3.25. The molecule has 1 aliphatic rings. The predicted octanol–water partition coefficient (Wildman–Crippen LogP) is 2.57. The van der Waals surface area contributed by atoms with Crippen LogP contribution in [-0.2, 0) is 10.0 Å². The molecular formula is C22H24N4O3S. The Hall–Kier alpha value is -2.97. The molecule has 2 aromatic carbocycles. The third kappa shape index (κ3) is 4.15. The van der Waals surface area contributed by atoms with Crippen LogP contribution in [-0.4, -0.2) is 65.7 Å². The van der Waals surface area contributed by atoms with Gasteiger partial charge in [0.25, 0.3) is 5.91 Å². The van der Waals surface area contributed by atoms with Crippen molar-refractivity contribution in [3.63, 3.8) is 0 Å². The maximum Gasteiger partial charge on any atom is 0.257 e. The van der Waals surface area contributed by atoms with Crippen LogP contribution in [0.25, 0.3) is 16.9 Å². The molecule has 0 N–H and O–H groups in total. The lowest BCUT2D eigenvalue weighted by Gasteiger charge is -2.33. The highest BCUT2D eigenvalue weighted by Crippen LogP contribution is 2.26. The zero-order valence-corrected chi connectivity index (χ0v) is 17.8. The fraction of sp³-hybridized carbons (Fsp3) is 0.273. The average Bonchev–Trinajstić information content (AvgIpc) is 3.19. The monoisotopic (exact) mass is 424 g/mol. The molecule has 1 saturated heterocycles. The summed E-state index contributed by atoms with van der Waals surface area (Å²) in [5, 5.41) is 4.71. The van der Waals surface area contributed by atoms with Crippen LogP contribution < -0.4 is 0 Å². The van der Waals surface area contributed by atoms with Crippen LogP contribution in [0.2, 0.25) is 0 Å². The van der Waals surface area contributed by atoms with Gasteiger partial charge in [-0.1, -0.05) is 48.0 Å². The van der Waals surface area contributed by atoms with Gasteiger partial charge < -0.3 is 4.90 Å². The minimum Gasteiger partial charge on any atom is -0.336 e. The van der Waals surface area contributed by atoms with Gasteiger partial charge in [0, 0.05) is 37.9 Å². The Balaban J connectivity index is 1.68. The number of carbonyl (C=O) groups is 1. The molecule has 8 heteroatoms. The van der Waals surface area contributed by atoms with Gasteiger partial charge in [-0.2, -0.15) is 9.40 Å². The summed E-state index contributed by atoms with van der Waals surface area (Å²) in [6.45, 7) is 3.33. The molecule has 0 spiro atoms. The van der Waals surface area contributed by atoms with E-state index in [1.54, 1.807) is 15.8 Å². The Kier molecular flexibility index (Phi) is 5.44. The van der Waals surface area contributed by atoms with Gasteiger partial charge in [0.15, 0.2) is 0 Å². The van der Waals surface area contributed by atoms with Crippen molar-refractivity contribution in [3.8, 4) is 16.9 Å². The van der Waals surface area contributed by atoms with Crippen molar-refractivity contribution >= 4 is 15.9 Å². The van der Waals surface area contributed by atoms with Crippen molar-refractivity contribution in [3.05, 3.63) is 71.9 Å². The van der Waals surface area contributed by atoms with Crippen LogP contribution in [0.3, 0.4) is 0 Å². The number of rotatable bonds is 4. The van der Waals surface area contributed by atoms with E-state index in [4.69, 9.17) is 5.10 Å². The fourth-order valence-electron chi connectivity index (χ4n) is 3.56. The number of piperazine rings is 1. The summed E-state index contributed by atoms with van der Waals surface area (Å²) in [7, 11) is -3.25. The van der Waals surface area contributed by atoms with E-state index in [9.17, 15) is 13.2 Å². The highest BCUT2D eigenvalue weighted by atomic mass is 32.2. The van der Waals surface area contributed by atoms with Crippen molar-refractivity contribution in [1.29, 1.82) is 0 Å². The molecule has 7 nitrogen and oxygen atoms in total. The smallest absolute Gasteiger partial charge is 0.257 e. The van der Waals surface area contributed by atoms with E-state index in [1.807, 2.05) is 61.5 Å². The summed E-state index contributed by atoms with van der Waals surface area (Å²) in [6, 6.07) is 17.6. The van der Waals surface area contributed by atoms with Gasteiger partial charge in [0.05, 0.1) is 17.5 Å². The number of amides is 1. The zero-order chi connectivity index (χ0) is 21.3. The first-order valence-electron chi connectivity index (χ1n) is 9.79. The van der Waals surface area contributed by atoms with Crippen LogP contribution in [0.4, 0.5) is 0 Å². The second-order valence-electron chi connectivity index (χ2n) is 7.49. The van der Waals surface area contributed by atoms with Crippen LogP contribution in [0, 0.1) is 6.92 Å². The van der Waals surface area contributed by atoms with Gasteiger partial charge in [-0.25, -0.2) is 13.1 Å². The molecule has 0 atom stereocenters. The molecule has 4 rings (SSSR count). The van der Waals surface area contributed by atoms with Crippen LogP contribution >= 0.6 is 0 Å². The van der Waals surface area contributed by atoms with Crippen molar-refractivity contribution in [1.82, 2.24) is 19.0 Å². The van der Waals surface area contributed by atoms with Gasteiger partial charge in [-0.3, -0.25) is 4.79 Å². The molecule has 30 heavy (non-hydrogen) atoms. The van der Waals surface area contributed by atoms with Gasteiger partial charge >= 0.3 is 0 Å². The number of sulfonamides is 1. The first kappa shape index (κ1) is 20.3. The number of benzene rings is 2. The van der Waals surface area contributed by atoms with E-state index < -0.39 is 10.0 Å². The number of carbonyl (C=O) groups excluding carboxylic acids is 1. The molecule has 3 aromatic rings. The molecular weight excluding hydrogens is 400 g/mol. The minimum absolute atomic E-state index is 0.138. The lowest BCUT2D eigenvalue weighted by atomic mass is 10.1. The standard InChI is InChI=1S/C22H24N4O3S/c1-17-8-10-18(11-9-17)21-20(16-26(23-21)19-6-4-3-5-7-19)22(27)24-12-14-25(15-13-24)30(2,28)29/h3-11,16H,12-15H2,1-2H3. The summed E-state index contributed by atoms with van der Waals surface area (Å²) in [5.74, 6) is -0.138. The summed E-state index contributed by atoms with van der Waals surface area (Å²) >= 11 is 0. The lowest BCUT2D eigenvalue weighted by molar-refractivity contribution is 0.0699. The Morgan fingerprint density at radius 1 is 0.933 bits per heavy atom. The lowest BCUT2D eigenvalue weighted by Crippen LogP contribution is -2.50. The number of para-hydroxylation sites is 1. The second kappa shape index (κ2) is 8.04. The Morgan fingerprint density at radius 2 is 1.57 bits per heavy atom. The normalized spacial score (nSPS) is 15.3. The molecule has 0 saturated carbocycles. The third-order valence-corrected chi connectivity index (χ3v) is 6.59. The summed E-state index contributed by atoms with van der Waals surface area (Å²) in [4.78, 5) is 15.1. The molecule has 2 heterocycles. The molecule has 0 radical (unpaired) electrons. The van der Waals surface area contributed by atoms with Gasteiger partial charge in [0.2, 0.25) is 10.0 Å². The largest absolute Gasteiger partial charge is 0.336 e. The molecule has 0 aliphatic carbocycles. The van der Waals surface area contributed by atoms with Gasteiger partial charge in [-0.15, -0.1) is 0 Å². The van der Waals surface area contributed by atoms with Crippen LogP contribution in [0.1, 0.15) is 15.9 Å². The average molecular weight is 425 g/mol. The molecule has 0 bridgehead atoms. The second-order valence-corrected chi connectivity index (χ2v) is 9.47. The van der Waals surface area contributed by atoms with Gasteiger partial charge in [0.1, 0.15) is 5.69 Å². The number of nitrogens with zero attached hydrogens (tertiary/aromatic N) is 4. The van der Waals surface area contributed by atoms with E-state index in [-0.39, 0.29) is 5.91 Å². The Labute approximate surface area is 176 Å². The summed E-state index contributed by atoms with van der Waals surface area (Å²) in [6.07, 6.45) is 2.96. The molecule has 1 aliphatic heterocycles. The predicted molar refractivity (Wildman–Crippen MR) is 116 cm³/mol. The number of hydrogen-bond acceptors (Lipinski definition) is 4. The maximum atomic E-state index is 13.4. The Bertz CT molecular complexity index is 1150. The molecule has 1 amide bonds. The number of hydrogen-bond donors (Lipinski definition) is 0. The topological polar surface area (TPSA) is 75.5 Å². The van der Waals surface area contributed by atoms with Crippen molar-refractivity contribution in [2.45, 2.75) is 6.92 Å². The first-order chi connectivity index (χ1) is 14.3. The summed E-state index contributed by atoms with van der Waals surface area (Å²) < 4.78 is 26.7. The highest BCUT2D eigenvalue weighted by molar-refractivity contribution is 7.88. The van der Waals surface area contributed by atoms with Gasteiger partial charge in [-0.05, 0) is 19.1 Å². The SMILES string of the molecule is Cc1ccc(-c2nn(-c3ccccc3)cc2C(=O)N2CCN(S(C)(=O)=O)CC2)cc1. The van der Waals surface area contributed by atoms with E-state index in [0.717, 1.165) is 16.8 Å². The fourth-order valence-corrected chi connectivity index (χ4v) is 4.39. The third-order valence-electron chi connectivity index (χ3n) is 5.29. The van der Waals surface area contributed by atoms with Crippen LogP contribution in [0.15, 0.2) is 60.8 Å². The first-order valence-corrected chi connectivity index (χ1v) is 11.6. The summed E-state index contributed by atoms with van der Waals surface area (Å²) in [5.41, 5.74) is 4.00. The molecule has 0 unspecified atom stereocenters. The maximum absolute atomic E-state index is 13.4. The zero-order valence-electron chi connectivity index (χ0n) is 17.0. The Morgan fingerprint density at radius 3 is 2.17 bits per heavy atom. The molecule has 1 fully saturated rings.